The monoisotopic (exact) mass is 209 g/mol. The third kappa shape index (κ3) is 2.37. The molecule has 1 saturated heterocycles. The molecule has 1 aromatic rings. The molecule has 0 radical (unpaired) electrons. The molecule has 0 bridgehead atoms. The van der Waals surface area contributed by atoms with Crippen LogP contribution < -0.4 is 11.1 Å². The van der Waals surface area contributed by atoms with Gasteiger partial charge in [0.25, 0.3) is 0 Å². The predicted octanol–water partition coefficient (Wildman–Crippen LogP) is 0.227. The van der Waals surface area contributed by atoms with Gasteiger partial charge in [0.1, 0.15) is 11.4 Å². The third-order valence-electron chi connectivity index (χ3n) is 2.53. The quantitative estimate of drug-likeness (QED) is 0.664. The van der Waals surface area contributed by atoms with Crippen LogP contribution in [0, 0.1) is 0 Å². The average molecular weight is 209 g/mol. The highest BCUT2D eigenvalue weighted by molar-refractivity contribution is 5.60. The first-order valence-corrected chi connectivity index (χ1v) is 4.94. The minimum absolute atomic E-state index is 0.375. The average Bonchev–Trinajstić information content (AvgIpc) is 2.65. The molecule has 1 aromatic heterocycles. The van der Waals surface area contributed by atoms with Gasteiger partial charge in [0.2, 0.25) is 0 Å². The second-order valence-electron chi connectivity index (χ2n) is 3.82. The topological polar surface area (TPSA) is 80.4 Å². The fourth-order valence-electron chi connectivity index (χ4n) is 1.56. The summed E-state index contributed by atoms with van der Waals surface area (Å²) in [4.78, 5) is 3.95. The first-order chi connectivity index (χ1) is 7.20. The van der Waals surface area contributed by atoms with Crippen molar-refractivity contribution in [2.24, 2.45) is 0 Å². The normalized spacial score (nSPS) is 25.4. The molecule has 15 heavy (non-hydrogen) atoms. The fourth-order valence-corrected chi connectivity index (χ4v) is 1.56. The predicted molar refractivity (Wildman–Crippen MR) is 57.5 cm³/mol. The van der Waals surface area contributed by atoms with Gasteiger partial charge < -0.3 is 20.9 Å². The van der Waals surface area contributed by atoms with Crippen LogP contribution in [0.15, 0.2) is 18.3 Å². The lowest BCUT2D eigenvalue weighted by molar-refractivity contribution is 0.0382. The summed E-state index contributed by atoms with van der Waals surface area (Å²) in [6.07, 6.45) is 2.29. The van der Waals surface area contributed by atoms with Crippen LogP contribution in [0.5, 0.6) is 0 Å². The number of aromatic nitrogens is 1. The van der Waals surface area contributed by atoms with Crippen molar-refractivity contribution in [3.05, 3.63) is 18.3 Å². The van der Waals surface area contributed by atoms with Crippen LogP contribution in [0.2, 0.25) is 0 Å². The molecule has 0 aromatic carbocycles. The van der Waals surface area contributed by atoms with Crippen LogP contribution in [-0.2, 0) is 4.74 Å². The summed E-state index contributed by atoms with van der Waals surface area (Å²) in [5.74, 6) is 0.444. The largest absolute Gasteiger partial charge is 0.386 e. The van der Waals surface area contributed by atoms with Crippen LogP contribution >= 0.6 is 0 Å². The second-order valence-corrected chi connectivity index (χ2v) is 3.82. The van der Waals surface area contributed by atoms with E-state index in [-0.39, 0.29) is 0 Å². The maximum absolute atomic E-state index is 9.99. The van der Waals surface area contributed by atoms with Crippen LogP contribution in [-0.4, -0.2) is 35.5 Å². The Morgan fingerprint density at radius 2 is 2.53 bits per heavy atom. The number of hydrogen-bond donors (Lipinski definition) is 3. The Labute approximate surface area is 88.3 Å². The number of nitrogens with one attached hydrogen (secondary N) is 1. The van der Waals surface area contributed by atoms with Gasteiger partial charge in [-0.05, 0) is 12.1 Å². The van der Waals surface area contributed by atoms with E-state index in [2.05, 4.69) is 10.3 Å². The van der Waals surface area contributed by atoms with Gasteiger partial charge in [-0.2, -0.15) is 0 Å². The fraction of sp³-hybridized carbons (Fsp3) is 0.500. The number of rotatable bonds is 3. The molecule has 1 atom stereocenters. The first-order valence-electron chi connectivity index (χ1n) is 4.94. The van der Waals surface area contributed by atoms with Crippen molar-refractivity contribution < 1.29 is 9.84 Å². The van der Waals surface area contributed by atoms with Crippen molar-refractivity contribution in [2.75, 3.05) is 30.8 Å². The molecule has 1 unspecified atom stereocenters. The number of ether oxygens (including phenoxy) is 1. The molecule has 5 heteroatoms. The molecule has 0 aliphatic carbocycles. The number of pyridine rings is 1. The molecule has 82 valence electrons. The van der Waals surface area contributed by atoms with Gasteiger partial charge in [-0.3, -0.25) is 0 Å². The Bertz CT molecular complexity index is 337. The van der Waals surface area contributed by atoms with Crippen LogP contribution in [0.4, 0.5) is 11.5 Å². The van der Waals surface area contributed by atoms with Gasteiger partial charge in [0.15, 0.2) is 0 Å². The van der Waals surface area contributed by atoms with Gasteiger partial charge in [0.05, 0.1) is 12.3 Å². The summed E-state index contributed by atoms with van der Waals surface area (Å²) in [6, 6.07) is 3.63. The van der Waals surface area contributed by atoms with Gasteiger partial charge in [-0.1, -0.05) is 0 Å². The molecule has 0 spiro atoms. The highest BCUT2D eigenvalue weighted by atomic mass is 16.5. The second kappa shape index (κ2) is 4.04. The minimum Gasteiger partial charge on any atom is -0.386 e. The number of nitrogens with zero attached hydrogens (tertiary/aromatic N) is 1. The Kier molecular flexibility index (Phi) is 2.75. The summed E-state index contributed by atoms with van der Waals surface area (Å²) in [7, 11) is 0. The van der Waals surface area contributed by atoms with E-state index in [9.17, 15) is 5.11 Å². The molecular formula is C10H15N3O2. The van der Waals surface area contributed by atoms with Crippen molar-refractivity contribution in [2.45, 2.75) is 12.0 Å². The first kappa shape index (κ1) is 10.2. The van der Waals surface area contributed by atoms with E-state index in [1.165, 1.54) is 0 Å². The van der Waals surface area contributed by atoms with Crippen molar-refractivity contribution in [3.63, 3.8) is 0 Å². The van der Waals surface area contributed by atoms with E-state index in [0.29, 0.717) is 32.0 Å². The Morgan fingerprint density at radius 3 is 3.20 bits per heavy atom. The maximum atomic E-state index is 9.99. The number of aliphatic hydroxyl groups is 1. The smallest absolute Gasteiger partial charge is 0.146 e. The molecule has 5 nitrogen and oxygen atoms in total. The summed E-state index contributed by atoms with van der Waals surface area (Å²) >= 11 is 0. The summed E-state index contributed by atoms with van der Waals surface area (Å²) in [5.41, 5.74) is 5.63. The highest BCUT2D eigenvalue weighted by Crippen LogP contribution is 2.20. The number of nitrogen functional groups attached to an aromatic ring is 1. The molecular weight excluding hydrogens is 194 g/mol. The summed E-state index contributed by atoms with van der Waals surface area (Å²) in [5, 5.41) is 13.1. The standard InChI is InChI=1S/C10H15N3O2/c11-9-8(2-1-4-12-9)13-6-10(14)3-5-15-7-10/h1-2,4,13-14H,3,5-7H2,(H2,11,12). The van der Waals surface area contributed by atoms with E-state index in [1.807, 2.05) is 6.07 Å². The lowest BCUT2D eigenvalue weighted by atomic mass is 10.0. The molecule has 2 heterocycles. The Balaban J connectivity index is 1.95. The lowest BCUT2D eigenvalue weighted by Gasteiger charge is -2.21. The van der Waals surface area contributed by atoms with Gasteiger partial charge in [0, 0.05) is 25.8 Å². The minimum atomic E-state index is -0.776. The molecule has 1 aliphatic rings. The van der Waals surface area contributed by atoms with Crippen molar-refractivity contribution in [3.8, 4) is 0 Å². The highest BCUT2D eigenvalue weighted by Gasteiger charge is 2.31. The molecule has 2 rings (SSSR count). The van der Waals surface area contributed by atoms with Crippen molar-refractivity contribution in [1.29, 1.82) is 0 Å². The summed E-state index contributed by atoms with van der Waals surface area (Å²) in [6.45, 7) is 1.42. The van der Waals surface area contributed by atoms with E-state index < -0.39 is 5.60 Å². The zero-order valence-electron chi connectivity index (χ0n) is 8.44. The van der Waals surface area contributed by atoms with E-state index in [0.717, 1.165) is 5.69 Å². The zero-order valence-corrected chi connectivity index (χ0v) is 8.44. The number of hydrogen-bond acceptors (Lipinski definition) is 5. The van der Waals surface area contributed by atoms with Gasteiger partial charge in [-0.15, -0.1) is 0 Å². The molecule has 1 aliphatic heterocycles. The molecule has 1 fully saturated rings. The molecule has 0 amide bonds. The van der Waals surface area contributed by atoms with E-state index in [4.69, 9.17) is 10.5 Å². The van der Waals surface area contributed by atoms with Crippen LogP contribution in [0.1, 0.15) is 6.42 Å². The van der Waals surface area contributed by atoms with Gasteiger partial charge in [-0.25, -0.2) is 4.98 Å². The zero-order chi connectivity index (χ0) is 10.7. The Morgan fingerprint density at radius 1 is 1.67 bits per heavy atom. The maximum Gasteiger partial charge on any atom is 0.146 e. The molecule has 0 saturated carbocycles. The van der Waals surface area contributed by atoms with Crippen molar-refractivity contribution >= 4 is 11.5 Å². The van der Waals surface area contributed by atoms with Crippen molar-refractivity contribution in [1.82, 2.24) is 4.98 Å². The summed E-state index contributed by atoms with van der Waals surface area (Å²) < 4.78 is 5.14. The van der Waals surface area contributed by atoms with E-state index >= 15 is 0 Å². The SMILES string of the molecule is Nc1ncccc1NCC1(O)CCOC1. The third-order valence-corrected chi connectivity index (χ3v) is 2.53. The van der Waals surface area contributed by atoms with Gasteiger partial charge >= 0.3 is 0 Å². The number of anilines is 2. The molecule has 4 N–H and O–H groups in total. The number of nitrogens with two attached hydrogens (primary N) is 1. The Hall–Kier alpha value is -1.33. The van der Waals surface area contributed by atoms with E-state index in [1.54, 1.807) is 12.3 Å². The lowest BCUT2D eigenvalue weighted by Crippen LogP contribution is -2.37. The van der Waals surface area contributed by atoms with Crippen LogP contribution in [0.25, 0.3) is 0 Å². The van der Waals surface area contributed by atoms with Crippen LogP contribution in [0.3, 0.4) is 0 Å².